The number of imidazole rings is 1. The van der Waals surface area contributed by atoms with Gasteiger partial charge < -0.3 is 9.09 Å². The maximum Gasteiger partial charge on any atom is 0.277 e. The standard InChI is InChI=1S/C20H20N4O2/c1-11(2)24-15-7-5-4-6-14(15)23-10-21-17(18(23)20(24)25)16-12(3)19(26-22-16)13-8-9-13/h4-7,10-11,13H,8-9H2,1-3H3. The number of benzene rings is 1. The summed E-state index contributed by atoms with van der Waals surface area (Å²) < 4.78 is 9.29. The van der Waals surface area contributed by atoms with Crippen molar-refractivity contribution in [2.75, 3.05) is 0 Å². The van der Waals surface area contributed by atoms with Crippen LogP contribution in [0.3, 0.4) is 0 Å². The van der Waals surface area contributed by atoms with Gasteiger partial charge in [0.25, 0.3) is 5.56 Å². The van der Waals surface area contributed by atoms with E-state index in [0.29, 0.717) is 22.8 Å². The normalized spacial score (nSPS) is 14.8. The van der Waals surface area contributed by atoms with Gasteiger partial charge in [0.15, 0.2) is 0 Å². The summed E-state index contributed by atoms with van der Waals surface area (Å²) in [5.41, 5.74) is 4.63. The Kier molecular flexibility index (Phi) is 3.13. The van der Waals surface area contributed by atoms with E-state index in [4.69, 9.17) is 4.52 Å². The Morgan fingerprint density at radius 2 is 1.88 bits per heavy atom. The lowest BCUT2D eigenvalue weighted by Gasteiger charge is -2.15. The SMILES string of the molecule is Cc1c(-c2ncn3c2c(=O)n(C(C)C)c2ccccc23)noc1C1CC1. The summed E-state index contributed by atoms with van der Waals surface area (Å²) in [5, 5.41) is 4.27. The molecule has 0 N–H and O–H groups in total. The Morgan fingerprint density at radius 3 is 2.58 bits per heavy atom. The van der Waals surface area contributed by atoms with Crippen LogP contribution in [-0.2, 0) is 0 Å². The van der Waals surface area contributed by atoms with Crippen molar-refractivity contribution >= 4 is 16.6 Å². The minimum atomic E-state index is -0.0541. The lowest BCUT2D eigenvalue weighted by molar-refractivity contribution is 0.385. The van der Waals surface area contributed by atoms with Gasteiger partial charge in [-0.2, -0.15) is 0 Å². The van der Waals surface area contributed by atoms with Crippen LogP contribution in [0.25, 0.3) is 27.9 Å². The summed E-state index contributed by atoms with van der Waals surface area (Å²) in [6.45, 7) is 6.05. The summed E-state index contributed by atoms with van der Waals surface area (Å²) in [6, 6.07) is 7.96. The highest BCUT2D eigenvalue weighted by molar-refractivity contribution is 5.85. The first-order valence-corrected chi connectivity index (χ1v) is 9.04. The summed E-state index contributed by atoms with van der Waals surface area (Å²) >= 11 is 0. The molecule has 0 aliphatic heterocycles. The first kappa shape index (κ1) is 15.4. The van der Waals surface area contributed by atoms with E-state index in [2.05, 4.69) is 10.1 Å². The fourth-order valence-corrected chi connectivity index (χ4v) is 3.81. The summed E-state index contributed by atoms with van der Waals surface area (Å²) in [5.74, 6) is 1.41. The van der Waals surface area contributed by atoms with E-state index in [1.807, 2.05) is 54.0 Å². The molecule has 3 aromatic heterocycles. The molecule has 6 heteroatoms. The van der Waals surface area contributed by atoms with Crippen LogP contribution < -0.4 is 5.56 Å². The van der Waals surface area contributed by atoms with Crippen LogP contribution in [0.2, 0.25) is 0 Å². The molecule has 1 saturated carbocycles. The molecule has 132 valence electrons. The van der Waals surface area contributed by atoms with Gasteiger partial charge in [-0.25, -0.2) is 4.98 Å². The van der Waals surface area contributed by atoms with Crippen LogP contribution in [0.15, 0.2) is 39.9 Å². The molecule has 0 radical (unpaired) electrons. The Labute approximate surface area is 150 Å². The van der Waals surface area contributed by atoms with Crippen LogP contribution in [0, 0.1) is 6.92 Å². The largest absolute Gasteiger partial charge is 0.360 e. The number of para-hydroxylation sites is 2. The third-order valence-electron chi connectivity index (χ3n) is 5.24. The average molecular weight is 348 g/mol. The Bertz CT molecular complexity index is 1210. The maximum atomic E-state index is 13.3. The molecule has 5 rings (SSSR count). The zero-order valence-electron chi connectivity index (χ0n) is 15.1. The van der Waals surface area contributed by atoms with Crippen molar-refractivity contribution in [1.29, 1.82) is 0 Å². The number of hydrogen-bond acceptors (Lipinski definition) is 4. The molecule has 1 aliphatic carbocycles. The minimum Gasteiger partial charge on any atom is -0.360 e. The van der Waals surface area contributed by atoms with E-state index in [-0.39, 0.29) is 11.6 Å². The Hall–Kier alpha value is -2.89. The van der Waals surface area contributed by atoms with Crippen molar-refractivity contribution in [3.05, 3.63) is 52.3 Å². The molecule has 1 aromatic carbocycles. The number of nitrogens with zero attached hydrogens (tertiary/aromatic N) is 4. The molecule has 26 heavy (non-hydrogen) atoms. The zero-order valence-corrected chi connectivity index (χ0v) is 15.1. The van der Waals surface area contributed by atoms with E-state index in [1.54, 1.807) is 6.33 Å². The Morgan fingerprint density at radius 1 is 1.15 bits per heavy atom. The zero-order chi connectivity index (χ0) is 18.0. The van der Waals surface area contributed by atoms with Crippen LogP contribution >= 0.6 is 0 Å². The van der Waals surface area contributed by atoms with Gasteiger partial charge in [0.2, 0.25) is 0 Å². The number of hydrogen-bond donors (Lipinski definition) is 0. The van der Waals surface area contributed by atoms with Gasteiger partial charge in [-0.05, 0) is 45.7 Å². The quantitative estimate of drug-likeness (QED) is 0.560. The molecule has 0 atom stereocenters. The molecule has 0 bridgehead atoms. The molecular weight excluding hydrogens is 328 g/mol. The molecular formula is C20H20N4O2. The summed E-state index contributed by atoms with van der Waals surface area (Å²) in [4.78, 5) is 17.9. The molecule has 1 aliphatic rings. The topological polar surface area (TPSA) is 65.3 Å². The highest BCUT2D eigenvalue weighted by Crippen LogP contribution is 2.43. The van der Waals surface area contributed by atoms with Gasteiger partial charge in [-0.1, -0.05) is 17.3 Å². The van der Waals surface area contributed by atoms with Gasteiger partial charge in [-0.3, -0.25) is 9.20 Å². The third kappa shape index (κ3) is 2.01. The molecule has 0 amide bonds. The van der Waals surface area contributed by atoms with Crippen LogP contribution in [0.4, 0.5) is 0 Å². The van der Waals surface area contributed by atoms with E-state index >= 15 is 0 Å². The molecule has 3 heterocycles. The number of aromatic nitrogens is 4. The van der Waals surface area contributed by atoms with Crippen LogP contribution in [-0.4, -0.2) is 19.1 Å². The van der Waals surface area contributed by atoms with Gasteiger partial charge in [-0.15, -0.1) is 0 Å². The molecule has 0 unspecified atom stereocenters. The number of rotatable bonds is 3. The minimum absolute atomic E-state index is 0.0422. The van der Waals surface area contributed by atoms with E-state index in [1.165, 1.54) is 0 Å². The highest BCUT2D eigenvalue weighted by atomic mass is 16.5. The fraction of sp³-hybridized carbons (Fsp3) is 0.350. The fourth-order valence-electron chi connectivity index (χ4n) is 3.81. The van der Waals surface area contributed by atoms with Crippen molar-refractivity contribution < 1.29 is 4.52 Å². The van der Waals surface area contributed by atoms with Crippen molar-refractivity contribution in [3.8, 4) is 11.4 Å². The molecule has 6 nitrogen and oxygen atoms in total. The lowest BCUT2D eigenvalue weighted by Crippen LogP contribution is -2.24. The third-order valence-corrected chi connectivity index (χ3v) is 5.24. The van der Waals surface area contributed by atoms with E-state index < -0.39 is 0 Å². The van der Waals surface area contributed by atoms with E-state index in [0.717, 1.165) is 35.2 Å². The van der Waals surface area contributed by atoms with Gasteiger partial charge in [0, 0.05) is 17.5 Å². The molecule has 1 fully saturated rings. The van der Waals surface area contributed by atoms with Crippen molar-refractivity contribution in [2.24, 2.45) is 0 Å². The summed E-state index contributed by atoms with van der Waals surface area (Å²) in [6.07, 6.45) is 4.00. The van der Waals surface area contributed by atoms with Gasteiger partial charge in [0.1, 0.15) is 29.0 Å². The average Bonchev–Trinajstić information content (AvgIpc) is 3.24. The van der Waals surface area contributed by atoms with Crippen molar-refractivity contribution in [2.45, 2.75) is 45.6 Å². The van der Waals surface area contributed by atoms with E-state index in [9.17, 15) is 4.79 Å². The summed E-state index contributed by atoms with van der Waals surface area (Å²) in [7, 11) is 0. The van der Waals surface area contributed by atoms with Crippen molar-refractivity contribution in [3.63, 3.8) is 0 Å². The number of fused-ring (bicyclic) bond motifs is 3. The first-order valence-electron chi connectivity index (χ1n) is 9.04. The molecule has 4 aromatic rings. The van der Waals surface area contributed by atoms with Gasteiger partial charge >= 0.3 is 0 Å². The van der Waals surface area contributed by atoms with Crippen molar-refractivity contribution in [1.82, 2.24) is 19.1 Å². The van der Waals surface area contributed by atoms with Gasteiger partial charge in [0.05, 0.1) is 11.0 Å². The van der Waals surface area contributed by atoms with Crippen LogP contribution in [0.1, 0.15) is 50.0 Å². The second-order valence-corrected chi connectivity index (χ2v) is 7.36. The maximum absolute atomic E-state index is 13.3. The highest BCUT2D eigenvalue weighted by Gasteiger charge is 2.32. The Balaban J connectivity index is 1.88. The van der Waals surface area contributed by atoms with Crippen LogP contribution in [0.5, 0.6) is 0 Å². The first-order chi connectivity index (χ1) is 12.6. The predicted molar refractivity (Wildman–Crippen MR) is 99.6 cm³/mol. The smallest absolute Gasteiger partial charge is 0.277 e. The second-order valence-electron chi connectivity index (χ2n) is 7.36. The second kappa shape index (κ2) is 5.30. The monoisotopic (exact) mass is 348 g/mol. The predicted octanol–water partition coefficient (Wildman–Crippen LogP) is 4.07. The molecule has 0 spiro atoms. The molecule has 0 saturated heterocycles. The lowest BCUT2D eigenvalue weighted by atomic mass is 10.1.